The summed E-state index contributed by atoms with van der Waals surface area (Å²) in [7, 11) is 0. The van der Waals surface area contributed by atoms with Crippen molar-refractivity contribution in [2.75, 3.05) is 19.7 Å². The zero-order valence-electron chi connectivity index (χ0n) is 41.5. The highest BCUT2D eigenvalue weighted by Crippen LogP contribution is 2.66. The molecule has 2 fully saturated rings. The van der Waals surface area contributed by atoms with Crippen LogP contribution in [0.5, 0.6) is 0 Å². The number of halogens is 34. The van der Waals surface area contributed by atoms with E-state index in [2.05, 4.69) is 4.74 Å². The van der Waals surface area contributed by atoms with Gasteiger partial charge in [-0.05, 0) is 87.6 Å². The molecule has 0 unspecified atom stereocenters. The summed E-state index contributed by atoms with van der Waals surface area (Å²) in [6, 6.07) is -1.29. The summed E-state index contributed by atoms with van der Waals surface area (Å²) in [5.74, 6) is -117. The quantitative estimate of drug-likeness (QED) is 0.0986. The Kier molecular flexibility index (Phi) is 19.5. The van der Waals surface area contributed by atoms with E-state index >= 15 is 0 Å². The van der Waals surface area contributed by atoms with Gasteiger partial charge in [0.1, 0.15) is 0 Å². The van der Waals surface area contributed by atoms with Gasteiger partial charge in [-0.1, -0.05) is 6.92 Å². The van der Waals surface area contributed by atoms with Gasteiger partial charge in [-0.15, -0.1) is 0 Å². The van der Waals surface area contributed by atoms with E-state index in [0.29, 0.717) is 9.96 Å². The molecule has 80 heavy (non-hydrogen) atoms. The average molecular weight is 1270 g/mol. The van der Waals surface area contributed by atoms with Gasteiger partial charge in [0, 0.05) is 28.2 Å². The Morgan fingerprint density at radius 1 is 0.400 bits per heavy atom. The molecule has 0 saturated carbocycles. The van der Waals surface area contributed by atoms with E-state index in [1.54, 1.807) is 0 Å². The fourth-order valence-electron chi connectivity index (χ4n) is 8.53. The molecule has 0 radical (unpaired) electrons. The van der Waals surface area contributed by atoms with E-state index in [0.717, 1.165) is 12.0 Å². The van der Waals surface area contributed by atoms with Crippen molar-refractivity contribution in [2.24, 2.45) is 5.92 Å². The fourth-order valence-corrected chi connectivity index (χ4v) is 8.53. The molecule has 0 amide bonds. The van der Waals surface area contributed by atoms with E-state index in [1.807, 2.05) is 0 Å². The highest BCUT2D eigenvalue weighted by molar-refractivity contribution is 5.73. The van der Waals surface area contributed by atoms with Crippen LogP contribution in [-0.2, 0) is 9.53 Å². The van der Waals surface area contributed by atoms with Crippen molar-refractivity contribution in [3.63, 3.8) is 0 Å². The van der Waals surface area contributed by atoms with Gasteiger partial charge >= 0.3 is 101 Å². The van der Waals surface area contributed by atoms with E-state index < -0.39 is 168 Å². The molecule has 7 nitrogen and oxygen atoms in total. The zero-order valence-corrected chi connectivity index (χ0v) is 41.5. The van der Waals surface area contributed by atoms with Gasteiger partial charge in [0.05, 0.1) is 12.5 Å². The first kappa shape index (κ1) is 74.9. The molecule has 0 aliphatic carbocycles. The standard InChI is InChI=1S/C20H25F17N2O.C19H20F17NO3/c1-6-38(10-7-11(2,3)39(40)12(4,5)8-10)9-13(21,22)14(23,24)15(25,26)16(27,28)17(29,30)18(31,32)19(33,34)20(35,36)37;1-10(2)5-8(6-11(3,4)37(10)39)9(38)40-7-12(20,21)13(22,23)14(24,25)15(26,27)16(28,29)17(30,31)18(32,33)19(34,35)36/h10,40H,6-9H2,1-5H3;8,39H,5-7H2,1-4H3. The van der Waals surface area contributed by atoms with Crippen molar-refractivity contribution in [1.29, 1.82) is 0 Å². The molecule has 2 aliphatic rings. The number of carbonyl (C=O) groups excluding carboxylic acids is 1. The maximum absolute atomic E-state index is 14.6. The number of carbonyl (C=O) groups is 1. The number of esters is 1. The highest BCUT2D eigenvalue weighted by atomic mass is 19.4. The number of nitrogens with zero attached hydrogens (tertiary/aromatic N) is 3. The first-order chi connectivity index (χ1) is 34.2. The predicted molar refractivity (Wildman–Crippen MR) is 199 cm³/mol. The summed E-state index contributed by atoms with van der Waals surface area (Å²) in [6.07, 6.45) is -17.2. The monoisotopic (exact) mass is 1270 g/mol. The van der Waals surface area contributed by atoms with Crippen molar-refractivity contribution in [1.82, 2.24) is 15.0 Å². The molecule has 0 aromatic heterocycles. The maximum atomic E-state index is 14.6. The van der Waals surface area contributed by atoms with E-state index in [1.165, 1.54) is 55.4 Å². The molecule has 41 heteroatoms. The van der Waals surface area contributed by atoms with Crippen molar-refractivity contribution in [3.8, 4) is 0 Å². The van der Waals surface area contributed by atoms with Crippen LogP contribution >= 0.6 is 0 Å². The molecule has 0 spiro atoms. The topological polar surface area (TPSA) is 76.5 Å². The number of rotatable bonds is 19. The molecular weight excluding hydrogens is 1220 g/mol. The van der Waals surface area contributed by atoms with Crippen molar-refractivity contribution < 1.29 is 169 Å². The third kappa shape index (κ3) is 11.6. The predicted octanol–water partition coefficient (Wildman–Crippen LogP) is 14.9. The Balaban J connectivity index is 0.000000800. The van der Waals surface area contributed by atoms with Gasteiger partial charge in [0.15, 0.2) is 6.61 Å². The van der Waals surface area contributed by atoms with Crippen LogP contribution in [0.25, 0.3) is 0 Å². The number of piperidine rings is 2. The minimum absolute atomic E-state index is 0.323. The van der Waals surface area contributed by atoms with Crippen molar-refractivity contribution >= 4 is 5.97 Å². The summed E-state index contributed by atoms with van der Waals surface area (Å²) in [6.45, 7) is 4.93. The van der Waals surface area contributed by atoms with Crippen molar-refractivity contribution in [2.45, 2.75) is 211 Å². The average Bonchev–Trinajstić information content (AvgIpc) is 3.23. The fraction of sp³-hybridized carbons (Fsp3) is 0.974. The van der Waals surface area contributed by atoms with Crippen LogP contribution in [0.3, 0.4) is 0 Å². The van der Waals surface area contributed by atoms with Gasteiger partial charge in [0.25, 0.3) is 0 Å². The minimum atomic E-state index is -8.73. The molecule has 2 rings (SSSR count). The van der Waals surface area contributed by atoms with E-state index in [9.17, 15) is 164 Å². The lowest BCUT2D eigenvalue weighted by Crippen LogP contribution is -2.75. The van der Waals surface area contributed by atoms with Crippen LogP contribution in [0.2, 0.25) is 0 Å². The first-order valence-electron chi connectivity index (χ1n) is 21.6. The van der Waals surface area contributed by atoms with Gasteiger partial charge in [-0.25, -0.2) is 0 Å². The molecule has 0 atom stereocenters. The molecule has 2 N–H and O–H groups in total. The second-order valence-electron chi connectivity index (χ2n) is 21.0. The minimum Gasteiger partial charge on any atom is -0.459 e. The third-order valence-corrected chi connectivity index (χ3v) is 12.9. The van der Waals surface area contributed by atoms with Gasteiger partial charge in [-0.2, -0.15) is 159 Å². The number of hydroxylamine groups is 4. The van der Waals surface area contributed by atoms with Crippen molar-refractivity contribution in [3.05, 3.63) is 0 Å². The second-order valence-corrected chi connectivity index (χ2v) is 21.0. The van der Waals surface area contributed by atoms with Crippen LogP contribution < -0.4 is 0 Å². The normalized spacial score (nSPS) is 21.1. The molecule has 2 saturated heterocycles. The Morgan fingerprint density at radius 3 is 0.875 bits per heavy atom. The smallest absolute Gasteiger partial charge is 0.459 e. The molecule has 0 aromatic carbocycles. The van der Waals surface area contributed by atoms with Gasteiger partial charge < -0.3 is 15.2 Å². The number of hydrogen-bond acceptors (Lipinski definition) is 7. The van der Waals surface area contributed by atoms with Crippen LogP contribution in [0.4, 0.5) is 149 Å². The molecule has 478 valence electrons. The van der Waals surface area contributed by atoms with E-state index in [4.69, 9.17) is 0 Å². The summed E-state index contributed by atoms with van der Waals surface area (Å²) in [5, 5.41) is 21.8. The molecule has 2 aliphatic heterocycles. The number of alkyl halides is 34. The summed E-state index contributed by atoms with van der Waals surface area (Å²) in [4.78, 5) is 12.5. The molecule has 2 heterocycles. The Morgan fingerprint density at radius 2 is 0.625 bits per heavy atom. The summed E-state index contributed by atoms with van der Waals surface area (Å²) < 4.78 is 460. The van der Waals surface area contributed by atoms with Gasteiger partial charge in [-0.3, -0.25) is 9.69 Å². The summed E-state index contributed by atoms with van der Waals surface area (Å²) >= 11 is 0. The van der Waals surface area contributed by atoms with Gasteiger partial charge in [0.2, 0.25) is 0 Å². The van der Waals surface area contributed by atoms with E-state index in [-0.39, 0.29) is 12.8 Å². The Labute approximate surface area is 427 Å². The SMILES string of the molecule is CC1(C)CC(C(=O)OCC(F)(F)C(F)(F)C(F)(F)C(F)(F)C(F)(F)C(F)(F)C(F)(F)C(F)(F)F)CC(C)(C)N1O.CCN(CC(F)(F)C(F)(F)C(F)(F)C(F)(F)C(F)(F)C(F)(F)C(F)(F)C(F)(F)F)C1CC(C)(C)N(O)C(C)(C)C1. The molecule has 0 bridgehead atoms. The Bertz CT molecular complexity index is 2130. The lowest BCUT2D eigenvalue weighted by Gasteiger charge is -2.54. The van der Waals surface area contributed by atoms with Crippen LogP contribution in [-0.4, -0.2) is 175 Å². The van der Waals surface area contributed by atoms with Crippen LogP contribution in [0, 0.1) is 5.92 Å². The highest BCUT2D eigenvalue weighted by Gasteiger charge is 2.97. The van der Waals surface area contributed by atoms with Crippen LogP contribution in [0.1, 0.15) is 88.0 Å². The number of hydrogen-bond donors (Lipinski definition) is 2. The van der Waals surface area contributed by atoms with Crippen LogP contribution in [0.15, 0.2) is 0 Å². The summed E-state index contributed by atoms with van der Waals surface area (Å²) in [5.41, 5.74) is -5.23. The number of ether oxygens (including phenoxy) is 1. The largest absolute Gasteiger partial charge is 0.460 e. The second kappa shape index (κ2) is 20.8. The molecular formula is C39H45F34N3O4. The lowest BCUT2D eigenvalue weighted by atomic mass is 9.75. The Hall–Kier alpha value is -3.11. The molecule has 0 aromatic rings. The first-order valence-corrected chi connectivity index (χ1v) is 21.6. The third-order valence-electron chi connectivity index (χ3n) is 12.9. The lowest BCUT2D eigenvalue weighted by molar-refractivity contribution is -0.462. The zero-order chi connectivity index (χ0) is 65.1. The maximum Gasteiger partial charge on any atom is 0.460 e.